The summed E-state index contributed by atoms with van der Waals surface area (Å²) in [5, 5.41) is 10.5. The van der Waals surface area contributed by atoms with E-state index in [1.807, 2.05) is 0 Å². The van der Waals surface area contributed by atoms with Gasteiger partial charge in [0.15, 0.2) is 0 Å². The Hall–Kier alpha value is 0.190. The third-order valence-electron chi connectivity index (χ3n) is 3.25. The van der Waals surface area contributed by atoms with Gasteiger partial charge in [-0.2, -0.15) is 12.6 Å². The minimum Gasteiger partial charge on any atom is -0.315 e. The van der Waals surface area contributed by atoms with Gasteiger partial charge in [-0.1, -0.05) is 20.3 Å². The van der Waals surface area contributed by atoms with Crippen molar-refractivity contribution in [2.75, 3.05) is 64.7 Å². The molecule has 1 saturated heterocycles. The molecule has 128 valence electrons. The molecular formula is C16H38N4S. The van der Waals surface area contributed by atoms with E-state index in [9.17, 15) is 0 Å². The van der Waals surface area contributed by atoms with Gasteiger partial charge in [-0.05, 0) is 57.7 Å². The molecule has 0 atom stereocenters. The first-order valence-corrected chi connectivity index (χ1v) is 9.43. The third kappa shape index (κ3) is 16.4. The number of rotatable bonds is 3. The van der Waals surface area contributed by atoms with Crippen LogP contribution in [0, 0.1) is 0 Å². The van der Waals surface area contributed by atoms with Crippen LogP contribution in [-0.2, 0) is 0 Å². The largest absolute Gasteiger partial charge is 0.315 e. The average Bonchev–Trinajstić information content (AvgIpc) is 2.49. The molecule has 1 heterocycles. The highest BCUT2D eigenvalue weighted by Gasteiger charge is 2.04. The maximum Gasteiger partial charge on any atom is 0.0107 e. The summed E-state index contributed by atoms with van der Waals surface area (Å²) in [6.45, 7) is 14.5. The van der Waals surface area contributed by atoms with E-state index in [1.165, 1.54) is 45.3 Å². The first-order valence-electron chi connectivity index (χ1n) is 8.80. The second kappa shape index (κ2) is 18.2. The minimum absolute atomic E-state index is 0.994. The fourth-order valence-corrected chi connectivity index (χ4v) is 2.33. The van der Waals surface area contributed by atoms with Crippen molar-refractivity contribution >= 4 is 12.6 Å². The highest BCUT2D eigenvalue weighted by atomic mass is 32.1. The summed E-state index contributed by atoms with van der Waals surface area (Å²) >= 11 is 4.30. The summed E-state index contributed by atoms with van der Waals surface area (Å²) in [5.41, 5.74) is 0. The molecule has 0 aromatic heterocycles. The lowest BCUT2D eigenvalue weighted by molar-refractivity contribution is 0.269. The van der Waals surface area contributed by atoms with E-state index in [0.29, 0.717) is 0 Å². The van der Waals surface area contributed by atoms with Gasteiger partial charge in [0.1, 0.15) is 0 Å². The molecule has 0 aliphatic carbocycles. The van der Waals surface area contributed by atoms with Crippen LogP contribution in [0.4, 0.5) is 0 Å². The van der Waals surface area contributed by atoms with Crippen molar-refractivity contribution in [2.24, 2.45) is 0 Å². The van der Waals surface area contributed by atoms with Crippen molar-refractivity contribution in [3.63, 3.8) is 0 Å². The predicted octanol–water partition coefficient (Wildman–Crippen LogP) is 1.59. The van der Waals surface area contributed by atoms with Gasteiger partial charge in [0, 0.05) is 26.2 Å². The summed E-state index contributed by atoms with van der Waals surface area (Å²) in [4.78, 5) is 2.56. The van der Waals surface area contributed by atoms with E-state index < -0.39 is 0 Å². The summed E-state index contributed by atoms with van der Waals surface area (Å²) in [7, 11) is 0. The molecule has 21 heavy (non-hydrogen) atoms. The summed E-state index contributed by atoms with van der Waals surface area (Å²) in [6, 6.07) is 0. The molecule has 0 unspecified atom stereocenters. The van der Waals surface area contributed by atoms with Crippen LogP contribution in [0.2, 0.25) is 0 Å². The van der Waals surface area contributed by atoms with Crippen molar-refractivity contribution in [1.82, 2.24) is 20.9 Å². The molecule has 0 aromatic carbocycles. The molecule has 4 nitrogen and oxygen atoms in total. The van der Waals surface area contributed by atoms with E-state index in [2.05, 4.69) is 47.3 Å². The zero-order valence-corrected chi connectivity index (χ0v) is 15.2. The van der Waals surface area contributed by atoms with Crippen LogP contribution in [-0.4, -0.2) is 69.6 Å². The summed E-state index contributed by atoms with van der Waals surface area (Å²) in [6.07, 6.45) is 4.91. The molecule has 0 saturated carbocycles. The van der Waals surface area contributed by atoms with Crippen molar-refractivity contribution < 1.29 is 0 Å². The van der Waals surface area contributed by atoms with E-state index in [4.69, 9.17) is 0 Å². The van der Waals surface area contributed by atoms with Crippen LogP contribution in [0.3, 0.4) is 0 Å². The number of hydrogen-bond acceptors (Lipinski definition) is 5. The highest BCUT2D eigenvalue weighted by Crippen LogP contribution is 1.95. The first kappa shape index (κ1) is 21.2. The van der Waals surface area contributed by atoms with Crippen LogP contribution in [0.25, 0.3) is 0 Å². The molecular weight excluding hydrogens is 280 g/mol. The van der Waals surface area contributed by atoms with Crippen molar-refractivity contribution in [3.8, 4) is 0 Å². The van der Waals surface area contributed by atoms with E-state index in [1.54, 1.807) is 0 Å². The van der Waals surface area contributed by atoms with Crippen LogP contribution < -0.4 is 16.0 Å². The van der Waals surface area contributed by atoms with Crippen LogP contribution >= 0.6 is 12.6 Å². The zero-order chi connectivity index (χ0) is 15.6. The molecule has 0 aromatic rings. The number of nitrogens with one attached hydrogen (secondary N) is 3. The van der Waals surface area contributed by atoms with Gasteiger partial charge >= 0.3 is 0 Å². The molecule has 0 radical (unpaired) electrons. The molecule has 0 amide bonds. The SMILES string of the molecule is CCC.SCCCN1CCCNCCNCCCNCC1. The fourth-order valence-electron chi connectivity index (χ4n) is 2.18. The van der Waals surface area contributed by atoms with Gasteiger partial charge in [-0.25, -0.2) is 0 Å². The van der Waals surface area contributed by atoms with E-state index in [-0.39, 0.29) is 0 Å². The fraction of sp³-hybridized carbons (Fsp3) is 1.00. The monoisotopic (exact) mass is 318 g/mol. The van der Waals surface area contributed by atoms with E-state index >= 15 is 0 Å². The smallest absolute Gasteiger partial charge is 0.0107 e. The molecule has 1 fully saturated rings. The Morgan fingerprint density at radius 2 is 1.38 bits per heavy atom. The molecule has 1 aliphatic rings. The van der Waals surface area contributed by atoms with Crippen LogP contribution in [0.5, 0.6) is 0 Å². The van der Waals surface area contributed by atoms with Crippen molar-refractivity contribution in [2.45, 2.75) is 39.5 Å². The third-order valence-corrected chi connectivity index (χ3v) is 3.57. The molecule has 3 N–H and O–H groups in total. The Labute approximate surface area is 138 Å². The van der Waals surface area contributed by atoms with Crippen LogP contribution in [0.15, 0.2) is 0 Å². The second-order valence-electron chi connectivity index (χ2n) is 5.58. The first-order chi connectivity index (χ1) is 10.3. The normalized spacial score (nSPS) is 20.1. The van der Waals surface area contributed by atoms with Crippen molar-refractivity contribution in [1.29, 1.82) is 0 Å². The van der Waals surface area contributed by atoms with Gasteiger partial charge in [0.25, 0.3) is 0 Å². The Kier molecular flexibility index (Phi) is 18.4. The predicted molar refractivity (Wildman–Crippen MR) is 98.7 cm³/mol. The Bertz CT molecular complexity index is 179. The molecule has 5 heteroatoms. The van der Waals surface area contributed by atoms with Crippen molar-refractivity contribution in [3.05, 3.63) is 0 Å². The summed E-state index contributed by atoms with van der Waals surface area (Å²) in [5.74, 6) is 0.994. The average molecular weight is 319 g/mol. The highest BCUT2D eigenvalue weighted by molar-refractivity contribution is 7.80. The van der Waals surface area contributed by atoms with Gasteiger partial charge < -0.3 is 20.9 Å². The molecule has 0 bridgehead atoms. The maximum atomic E-state index is 4.30. The van der Waals surface area contributed by atoms with Gasteiger partial charge in [-0.3, -0.25) is 0 Å². The number of nitrogens with zero attached hydrogens (tertiary/aromatic N) is 1. The quantitative estimate of drug-likeness (QED) is 0.597. The van der Waals surface area contributed by atoms with Crippen LogP contribution in [0.1, 0.15) is 39.5 Å². The summed E-state index contributed by atoms with van der Waals surface area (Å²) < 4.78 is 0. The van der Waals surface area contributed by atoms with Gasteiger partial charge in [-0.15, -0.1) is 0 Å². The topological polar surface area (TPSA) is 39.3 Å². The number of thiol groups is 1. The minimum atomic E-state index is 0.994. The lowest BCUT2D eigenvalue weighted by Crippen LogP contribution is -2.37. The lowest BCUT2D eigenvalue weighted by atomic mass is 10.3. The van der Waals surface area contributed by atoms with Gasteiger partial charge in [0.2, 0.25) is 0 Å². The Morgan fingerprint density at radius 3 is 2.00 bits per heavy atom. The lowest BCUT2D eigenvalue weighted by Gasteiger charge is -2.22. The standard InChI is InChI=1S/C13H30N4S.C3H8/c18-13-3-11-17-10-2-6-15-8-7-14-4-1-5-16-9-12-17;1-3-2/h14-16,18H,1-13H2;3H2,1-2H3. The van der Waals surface area contributed by atoms with Gasteiger partial charge in [0.05, 0.1) is 0 Å². The Balaban J connectivity index is 0.00000122. The number of hydrogen-bond donors (Lipinski definition) is 4. The molecule has 1 aliphatic heterocycles. The zero-order valence-electron chi connectivity index (χ0n) is 14.3. The Morgan fingerprint density at radius 1 is 0.810 bits per heavy atom. The molecule has 0 spiro atoms. The maximum absolute atomic E-state index is 4.30. The second-order valence-corrected chi connectivity index (χ2v) is 6.03. The molecule has 1 rings (SSSR count). The van der Waals surface area contributed by atoms with E-state index in [0.717, 1.165) is 45.0 Å².